The SMILES string of the molecule is CCCCNCCCCCCN1\C(=C/C=C/C=C/C2=[N+](C)c3ccccc3C2(C)C)C(C)(C)c2ccccc21. The van der Waals surface area contributed by atoms with Crippen LogP contribution in [0.5, 0.6) is 0 Å². The molecule has 4 rings (SSSR count). The van der Waals surface area contributed by atoms with Crippen LogP contribution in [0.1, 0.15) is 84.3 Å². The van der Waals surface area contributed by atoms with E-state index >= 15 is 0 Å². The molecule has 0 unspecified atom stereocenters. The molecule has 0 fully saturated rings. The topological polar surface area (TPSA) is 18.3 Å². The Morgan fingerprint density at radius 2 is 1.46 bits per heavy atom. The van der Waals surface area contributed by atoms with Gasteiger partial charge < -0.3 is 10.2 Å². The van der Waals surface area contributed by atoms with E-state index in [1.54, 1.807) is 0 Å². The van der Waals surface area contributed by atoms with Gasteiger partial charge in [-0.2, -0.15) is 4.58 Å². The molecule has 0 saturated carbocycles. The summed E-state index contributed by atoms with van der Waals surface area (Å²) in [5, 5.41) is 3.58. The number of unbranched alkanes of at least 4 members (excludes halogenated alkanes) is 4. The van der Waals surface area contributed by atoms with E-state index in [0.29, 0.717) is 0 Å². The van der Waals surface area contributed by atoms with Gasteiger partial charge in [0.1, 0.15) is 7.05 Å². The molecule has 0 radical (unpaired) electrons. The van der Waals surface area contributed by atoms with Crippen LogP contribution in [-0.4, -0.2) is 37.0 Å². The van der Waals surface area contributed by atoms with Gasteiger partial charge in [-0.05, 0) is 63.9 Å². The quantitative estimate of drug-likeness (QED) is 0.161. The van der Waals surface area contributed by atoms with E-state index in [-0.39, 0.29) is 10.8 Å². The van der Waals surface area contributed by atoms with E-state index in [0.717, 1.165) is 19.6 Å². The van der Waals surface area contributed by atoms with Crippen LogP contribution in [0.15, 0.2) is 84.6 Å². The molecule has 0 atom stereocenters. The van der Waals surface area contributed by atoms with E-state index in [1.165, 1.54) is 72.4 Å². The van der Waals surface area contributed by atoms with Crippen molar-refractivity contribution in [3.63, 3.8) is 0 Å². The van der Waals surface area contributed by atoms with E-state index in [2.05, 4.69) is 135 Å². The lowest BCUT2D eigenvalue weighted by Gasteiger charge is -2.27. The molecule has 39 heavy (non-hydrogen) atoms. The Hall–Kier alpha value is -2.91. The third-order valence-electron chi connectivity index (χ3n) is 8.66. The van der Waals surface area contributed by atoms with Crippen molar-refractivity contribution in [1.82, 2.24) is 5.32 Å². The molecular weight excluding hydrogens is 474 g/mol. The summed E-state index contributed by atoms with van der Waals surface area (Å²) in [7, 11) is 2.18. The van der Waals surface area contributed by atoms with Gasteiger partial charge in [0.05, 0.1) is 5.41 Å². The largest absolute Gasteiger partial charge is 0.344 e. The Balaban J connectivity index is 1.42. The maximum Gasteiger partial charge on any atom is 0.209 e. The van der Waals surface area contributed by atoms with Gasteiger partial charge in [0, 0.05) is 41.1 Å². The summed E-state index contributed by atoms with van der Waals surface area (Å²) >= 11 is 0. The van der Waals surface area contributed by atoms with Crippen LogP contribution in [0.2, 0.25) is 0 Å². The first-order valence-corrected chi connectivity index (χ1v) is 15.1. The summed E-state index contributed by atoms with van der Waals surface area (Å²) in [5.74, 6) is 0. The normalized spacial score (nSPS) is 18.6. The monoisotopic (exact) mass is 524 g/mol. The second-order valence-corrected chi connectivity index (χ2v) is 12.2. The number of anilines is 1. The molecule has 1 N–H and O–H groups in total. The van der Waals surface area contributed by atoms with E-state index < -0.39 is 0 Å². The Kier molecular flexibility index (Phi) is 9.67. The average molecular weight is 525 g/mol. The van der Waals surface area contributed by atoms with Gasteiger partial charge in [-0.3, -0.25) is 0 Å². The van der Waals surface area contributed by atoms with Crippen LogP contribution in [0, 0.1) is 0 Å². The Labute approximate surface area is 238 Å². The van der Waals surface area contributed by atoms with Crippen LogP contribution in [-0.2, 0) is 10.8 Å². The van der Waals surface area contributed by atoms with Gasteiger partial charge in [0.15, 0.2) is 5.71 Å². The van der Waals surface area contributed by atoms with Crippen LogP contribution < -0.4 is 10.2 Å². The van der Waals surface area contributed by atoms with Gasteiger partial charge >= 0.3 is 0 Å². The zero-order chi connectivity index (χ0) is 27.9. The molecule has 0 spiro atoms. The molecule has 0 bridgehead atoms. The van der Waals surface area contributed by atoms with Gasteiger partial charge in [-0.25, -0.2) is 0 Å². The lowest BCUT2D eigenvalue weighted by Crippen LogP contribution is -2.27. The average Bonchev–Trinajstić information content (AvgIpc) is 3.26. The van der Waals surface area contributed by atoms with E-state index in [4.69, 9.17) is 0 Å². The summed E-state index contributed by atoms with van der Waals surface area (Å²) < 4.78 is 2.33. The number of nitrogens with zero attached hydrogens (tertiary/aromatic N) is 2. The number of fused-ring (bicyclic) bond motifs is 2. The number of hydrogen-bond donors (Lipinski definition) is 1. The van der Waals surface area contributed by atoms with Crippen molar-refractivity contribution in [1.29, 1.82) is 0 Å². The third kappa shape index (κ3) is 6.30. The van der Waals surface area contributed by atoms with E-state index in [1.807, 2.05) is 0 Å². The number of hydrogen-bond acceptors (Lipinski definition) is 2. The first-order chi connectivity index (χ1) is 18.8. The van der Waals surface area contributed by atoms with Gasteiger partial charge in [-0.15, -0.1) is 0 Å². The number of nitrogens with one attached hydrogen (secondary N) is 1. The standard InChI is InChI=1S/C36H50N3/c1-7-8-26-37-27-18-9-10-19-28-39-32-23-17-15-21-30(32)36(4,5)34(39)25-13-11-12-24-33-35(2,3)29-20-14-16-22-31(29)38(33)6/h11-17,20-25,37H,7-10,18-19,26-28H2,1-6H3/q+1. The van der Waals surface area contributed by atoms with Crippen LogP contribution in [0.25, 0.3) is 0 Å². The smallest absolute Gasteiger partial charge is 0.209 e. The van der Waals surface area contributed by atoms with Gasteiger partial charge in [0.2, 0.25) is 5.69 Å². The highest BCUT2D eigenvalue weighted by Gasteiger charge is 2.42. The molecule has 0 aliphatic carbocycles. The summed E-state index contributed by atoms with van der Waals surface area (Å²) in [4.78, 5) is 2.57. The summed E-state index contributed by atoms with van der Waals surface area (Å²) in [5.41, 5.74) is 8.24. The summed E-state index contributed by atoms with van der Waals surface area (Å²) in [6.07, 6.45) is 18.9. The molecule has 2 aromatic rings. The first kappa shape index (κ1) is 29.1. The molecule has 0 saturated heterocycles. The van der Waals surface area contributed by atoms with Crippen LogP contribution in [0.4, 0.5) is 11.4 Å². The van der Waals surface area contributed by atoms with Crippen molar-refractivity contribution in [2.75, 3.05) is 31.6 Å². The Bertz CT molecular complexity index is 1240. The maximum atomic E-state index is 3.58. The second kappa shape index (κ2) is 13.0. The molecular formula is C36H50N3+. The zero-order valence-electron chi connectivity index (χ0n) is 25.3. The highest BCUT2D eigenvalue weighted by molar-refractivity contribution is 6.03. The van der Waals surface area contributed by atoms with Crippen molar-refractivity contribution in [2.24, 2.45) is 0 Å². The van der Waals surface area contributed by atoms with Crippen LogP contribution in [0.3, 0.4) is 0 Å². The van der Waals surface area contributed by atoms with Crippen molar-refractivity contribution < 1.29 is 4.58 Å². The summed E-state index contributed by atoms with van der Waals surface area (Å²) in [6, 6.07) is 17.7. The number of benzene rings is 2. The molecule has 208 valence electrons. The lowest BCUT2D eigenvalue weighted by molar-refractivity contribution is -0.401. The van der Waals surface area contributed by atoms with E-state index in [9.17, 15) is 0 Å². The van der Waals surface area contributed by atoms with Crippen molar-refractivity contribution >= 4 is 17.1 Å². The molecule has 2 aliphatic heterocycles. The fourth-order valence-electron chi connectivity index (χ4n) is 6.34. The maximum absolute atomic E-state index is 3.58. The fraction of sp³-hybridized carbons (Fsp3) is 0.472. The lowest BCUT2D eigenvalue weighted by atomic mass is 9.81. The minimum Gasteiger partial charge on any atom is -0.344 e. The van der Waals surface area contributed by atoms with Crippen molar-refractivity contribution in [3.8, 4) is 0 Å². The first-order valence-electron chi connectivity index (χ1n) is 15.1. The van der Waals surface area contributed by atoms with Crippen molar-refractivity contribution in [2.45, 2.75) is 84.0 Å². The second-order valence-electron chi connectivity index (χ2n) is 12.2. The highest BCUT2D eigenvalue weighted by Crippen LogP contribution is 2.47. The van der Waals surface area contributed by atoms with Crippen LogP contribution >= 0.6 is 0 Å². The number of allylic oxidation sites excluding steroid dienone is 6. The molecule has 2 aliphatic rings. The molecule has 2 aromatic carbocycles. The molecule has 2 heterocycles. The zero-order valence-corrected chi connectivity index (χ0v) is 25.3. The van der Waals surface area contributed by atoms with Gasteiger partial charge in [-0.1, -0.05) is 94.7 Å². The fourth-order valence-corrected chi connectivity index (χ4v) is 6.34. The Morgan fingerprint density at radius 1 is 0.769 bits per heavy atom. The molecule has 0 amide bonds. The molecule has 3 heteroatoms. The van der Waals surface area contributed by atoms with Gasteiger partial charge in [0.25, 0.3) is 0 Å². The molecule has 3 nitrogen and oxygen atoms in total. The minimum absolute atomic E-state index is 0.00208. The molecule has 0 aromatic heterocycles. The minimum atomic E-state index is -0.00208. The Morgan fingerprint density at radius 3 is 2.23 bits per heavy atom. The van der Waals surface area contributed by atoms with Crippen molar-refractivity contribution in [3.05, 3.63) is 95.7 Å². The number of para-hydroxylation sites is 2. The highest BCUT2D eigenvalue weighted by atomic mass is 15.2. The summed E-state index contributed by atoms with van der Waals surface area (Å²) in [6.45, 7) is 15.0. The predicted octanol–water partition coefficient (Wildman–Crippen LogP) is 8.44. The third-order valence-corrected chi connectivity index (χ3v) is 8.66. The number of rotatable bonds is 13. The predicted molar refractivity (Wildman–Crippen MR) is 170 cm³/mol.